The molecule has 5 nitrogen and oxygen atoms in total. The molecule has 0 N–H and O–H groups in total. The van der Waals surface area contributed by atoms with Crippen LogP contribution in [-0.4, -0.2) is 27.9 Å². The predicted molar refractivity (Wildman–Crippen MR) is 102 cm³/mol. The largest absolute Gasteiger partial charge is 0.312 e. The SMILES string of the molecule is Cc1cc2ncn(C(=O)[C@H]3CC(=O)N(c4ccc(Cl)cc4)C3)c2cc1C. The summed E-state index contributed by atoms with van der Waals surface area (Å²) in [4.78, 5) is 31.4. The van der Waals surface area contributed by atoms with Crippen molar-refractivity contribution in [1.82, 2.24) is 9.55 Å². The number of nitrogens with zero attached hydrogens (tertiary/aromatic N) is 3. The molecule has 0 saturated carbocycles. The van der Waals surface area contributed by atoms with Crippen LogP contribution in [0.5, 0.6) is 0 Å². The molecule has 0 spiro atoms. The van der Waals surface area contributed by atoms with Crippen molar-refractivity contribution < 1.29 is 9.59 Å². The van der Waals surface area contributed by atoms with Crippen molar-refractivity contribution in [2.75, 3.05) is 11.4 Å². The summed E-state index contributed by atoms with van der Waals surface area (Å²) in [7, 11) is 0. The Balaban J connectivity index is 1.62. The maximum atomic E-state index is 13.0. The first-order valence-corrected chi connectivity index (χ1v) is 8.86. The highest BCUT2D eigenvalue weighted by Crippen LogP contribution is 2.28. The van der Waals surface area contributed by atoms with Crippen LogP contribution in [0.1, 0.15) is 22.3 Å². The van der Waals surface area contributed by atoms with E-state index < -0.39 is 5.92 Å². The van der Waals surface area contributed by atoms with Crippen LogP contribution in [-0.2, 0) is 4.79 Å². The Morgan fingerprint density at radius 2 is 1.85 bits per heavy atom. The van der Waals surface area contributed by atoms with Crippen LogP contribution >= 0.6 is 11.6 Å². The van der Waals surface area contributed by atoms with Crippen LogP contribution in [0.2, 0.25) is 5.02 Å². The van der Waals surface area contributed by atoms with Gasteiger partial charge in [0.25, 0.3) is 0 Å². The quantitative estimate of drug-likeness (QED) is 0.688. The van der Waals surface area contributed by atoms with E-state index in [1.54, 1.807) is 40.1 Å². The van der Waals surface area contributed by atoms with Crippen molar-refractivity contribution in [2.45, 2.75) is 20.3 Å². The average Bonchev–Trinajstić information content (AvgIpc) is 3.19. The van der Waals surface area contributed by atoms with E-state index in [4.69, 9.17) is 11.6 Å². The molecule has 1 fully saturated rings. The summed E-state index contributed by atoms with van der Waals surface area (Å²) in [5, 5.41) is 0.614. The van der Waals surface area contributed by atoms with Gasteiger partial charge in [-0.15, -0.1) is 0 Å². The molecule has 6 heteroatoms. The lowest BCUT2D eigenvalue weighted by Gasteiger charge is -2.16. The van der Waals surface area contributed by atoms with Gasteiger partial charge in [0.05, 0.1) is 17.0 Å². The maximum absolute atomic E-state index is 13.0. The smallest absolute Gasteiger partial charge is 0.237 e. The summed E-state index contributed by atoms with van der Waals surface area (Å²) in [5.74, 6) is -0.542. The zero-order chi connectivity index (χ0) is 18.4. The van der Waals surface area contributed by atoms with E-state index in [0.717, 1.165) is 27.8 Å². The number of carbonyl (C=O) groups excluding carboxylic acids is 2. The molecule has 1 atom stereocenters. The van der Waals surface area contributed by atoms with Crippen LogP contribution in [0.3, 0.4) is 0 Å². The molecule has 1 saturated heterocycles. The number of amides is 1. The second-order valence-electron chi connectivity index (χ2n) is 6.76. The van der Waals surface area contributed by atoms with Gasteiger partial charge in [-0.2, -0.15) is 0 Å². The summed E-state index contributed by atoms with van der Waals surface area (Å²) in [6.45, 7) is 4.40. The van der Waals surface area contributed by atoms with Crippen molar-refractivity contribution in [3.63, 3.8) is 0 Å². The highest BCUT2D eigenvalue weighted by atomic mass is 35.5. The minimum atomic E-state index is -0.391. The van der Waals surface area contributed by atoms with E-state index in [9.17, 15) is 9.59 Å². The molecule has 2 heterocycles. The zero-order valence-electron chi connectivity index (χ0n) is 14.6. The fourth-order valence-corrected chi connectivity index (χ4v) is 3.51. The summed E-state index contributed by atoms with van der Waals surface area (Å²) in [6.07, 6.45) is 1.76. The maximum Gasteiger partial charge on any atom is 0.237 e. The molecule has 132 valence electrons. The molecular formula is C20H18ClN3O2. The topological polar surface area (TPSA) is 55.2 Å². The van der Waals surface area contributed by atoms with Gasteiger partial charge in [0.1, 0.15) is 6.33 Å². The lowest BCUT2D eigenvalue weighted by Crippen LogP contribution is -2.27. The second-order valence-corrected chi connectivity index (χ2v) is 7.20. The summed E-state index contributed by atoms with van der Waals surface area (Å²) in [5.41, 5.74) is 4.59. The molecule has 0 radical (unpaired) electrons. The Bertz CT molecular complexity index is 1020. The molecule has 0 aliphatic carbocycles. The molecule has 1 aliphatic rings. The molecule has 1 amide bonds. The van der Waals surface area contributed by atoms with Gasteiger partial charge in [-0.05, 0) is 61.4 Å². The molecule has 1 aromatic heterocycles. The van der Waals surface area contributed by atoms with E-state index in [1.165, 1.54) is 0 Å². The van der Waals surface area contributed by atoms with E-state index in [2.05, 4.69) is 4.98 Å². The Morgan fingerprint density at radius 1 is 1.15 bits per heavy atom. The number of halogens is 1. The molecule has 2 aromatic carbocycles. The Kier molecular flexibility index (Phi) is 4.04. The number of imidazole rings is 1. The van der Waals surface area contributed by atoms with Crippen LogP contribution in [0.15, 0.2) is 42.7 Å². The first-order chi connectivity index (χ1) is 12.4. The van der Waals surface area contributed by atoms with Crippen molar-refractivity contribution in [1.29, 1.82) is 0 Å². The fourth-order valence-electron chi connectivity index (χ4n) is 3.38. The predicted octanol–water partition coefficient (Wildman–Crippen LogP) is 4.00. The van der Waals surface area contributed by atoms with Crippen molar-refractivity contribution in [3.8, 4) is 0 Å². The van der Waals surface area contributed by atoms with Gasteiger partial charge in [-0.3, -0.25) is 14.2 Å². The number of hydrogen-bond donors (Lipinski definition) is 0. The molecule has 0 bridgehead atoms. The minimum Gasteiger partial charge on any atom is -0.312 e. The zero-order valence-corrected chi connectivity index (χ0v) is 15.3. The molecule has 3 aromatic rings. The number of aromatic nitrogens is 2. The van der Waals surface area contributed by atoms with E-state index in [1.807, 2.05) is 26.0 Å². The van der Waals surface area contributed by atoms with E-state index >= 15 is 0 Å². The highest BCUT2D eigenvalue weighted by molar-refractivity contribution is 6.30. The molecule has 1 aliphatic heterocycles. The third-order valence-corrected chi connectivity index (χ3v) is 5.26. The number of benzene rings is 2. The summed E-state index contributed by atoms with van der Waals surface area (Å²) < 4.78 is 1.57. The molecule has 4 rings (SSSR count). The van der Waals surface area contributed by atoms with Gasteiger partial charge in [0.2, 0.25) is 11.8 Å². The summed E-state index contributed by atoms with van der Waals surface area (Å²) in [6, 6.07) is 11.0. The van der Waals surface area contributed by atoms with Crippen molar-refractivity contribution >= 4 is 40.1 Å². The number of rotatable bonds is 2. The average molecular weight is 368 g/mol. The standard InChI is InChI=1S/C20H18ClN3O2/c1-12-7-17-18(8-13(12)2)24(11-22-17)20(26)14-9-19(25)23(10-14)16-5-3-15(21)4-6-16/h3-8,11,14H,9-10H2,1-2H3/t14-/m0/s1. The first-order valence-electron chi connectivity index (χ1n) is 8.48. The van der Waals surface area contributed by atoms with E-state index in [0.29, 0.717) is 11.6 Å². The normalized spacial score (nSPS) is 17.3. The number of fused-ring (bicyclic) bond motifs is 1. The highest BCUT2D eigenvalue weighted by Gasteiger charge is 2.36. The fraction of sp³-hybridized carbons (Fsp3) is 0.250. The molecule has 26 heavy (non-hydrogen) atoms. The first kappa shape index (κ1) is 16.8. The Morgan fingerprint density at radius 3 is 2.58 bits per heavy atom. The third-order valence-electron chi connectivity index (χ3n) is 5.01. The number of hydrogen-bond acceptors (Lipinski definition) is 3. The van der Waals surface area contributed by atoms with Gasteiger partial charge in [0, 0.05) is 23.7 Å². The van der Waals surface area contributed by atoms with Gasteiger partial charge >= 0.3 is 0 Å². The third kappa shape index (κ3) is 2.78. The van der Waals surface area contributed by atoms with Crippen molar-refractivity contribution in [3.05, 3.63) is 58.9 Å². The van der Waals surface area contributed by atoms with Crippen molar-refractivity contribution in [2.24, 2.45) is 5.92 Å². The van der Waals surface area contributed by atoms with Gasteiger partial charge in [-0.1, -0.05) is 11.6 Å². The molecular weight excluding hydrogens is 350 g/mol. The summed E-state index contributed by atoms with van der Waals surface area (Å²) >= 11 is 5.91. The van der Waals surface area contributed by atoms with Crippen LogP contribution in [0, 0.1) is 19.8 Å². The van der Waals surface area contributed by atoms with E-state index in [-0.39, 0.29) is 18.2 Å². The number of anilines is 1. The lowest BCUT2D eigenvalue weighted by atomic mass is 10.1. The number of aryl methyl sites for hydroxylation is 2. The molecule has 0 unspecified atom stereocenters. The van der Waals surface area contributed by atoms with Gasteiger partial charge < -0.3 is 4.90 Å². The van der Waals surface area contributed by atoms with Gasteiger partial charge in [-0.25, -0.2) is 4.98 Å². The van der Waals surface area contributed by atoms with Crippen LogP contribution in [0.4, 0.5) is 5.69 Å². The minimum absolute atomic E-state index is 0.0536. The second kappa shape index (κ2) is 6.25. The Labute approximate surface area is 156 Å². The van der Waals surface area contributed by atoms with Gasteiger partial charge in [0.15, 0.2) is 0 Å². The lowest BCUT2D eigenvalue weighted by molar-refractivity contribution is -0.117. The Hall–Kier alpha value is -2.66. The van der Waals surface area contributed by atoms with Crippen LogP contribution < -0.4 is 4.90 Å². The van der Waals surface area contributed by atoms with Crippen LogP contribution in [0.25, 0.3) is 11.0 Å². The number of carbonyl (C=O) groups is 2. The monoisotopic (exact) mass is 367 g/mol.